The fraction of sp³-hybridized carbons (Fsp3) is 0.148. The Bertz CT molecular complexity index is 1430. The van der Waals surface area contributed by atoms with Crippen molar-refractivity contribution >= 4 is 52.1 Å². The highest BCUT2D eigenvalue weighted by atomic mass is 35.5. The van der Waals surface area contributed by atoms with E-state index in [2.05, 4.69) is 27.5 Å². The molecule has 0 spiro atoms. The number of carbonyl (C=O) groups excluding carboxylic acids is 2. The number of pyridine rings is 1. The maximum Gasteiger partial charge on any atom is 0.256 e. The van der Waals surface area contributed by atoms with Crippen LogP contribution in [-0.4, -0.2) is 21.7 Å². The zero-order valence-corrected chi connectivity index (χ0v) is 20.4. The molecular weight excluding hydrogens is 483 g/mol. The molecule has 3 N–H and O–H groups in total. The molecule has 1 unspecified atom stereocenters. The first kappa shape index (κ1) is 23.1. The normalized spacial score (nSPS) is 14.9. The van der Waals surface area contributed by atoms with E-state index in [0.29, 0.717) is 33.4 Å². The van der Waals surface area contributed by atoms with Crippen molar-refractivity contribution in [1.29, 1.82) is 0 Å². The molecule has 0 saturated heterocycles. The lowest BCUT2D eigenvalue weighted by molar-refractivity contribution is 0.0953. The molecule has 2 aromatic carbocycles. The summed E-state index contributed by atoms with van der Waals surface area (Å²) in [6.07, 6.45) is 2.92. The molecule has 0 radical (unpaired) electrons. The minimum atomic E-state index is -0.356. The summed E-state index contributed by atoms with van der Waals surface area (Å²) in [5, 5.41) is 6.92. The van der Waals surface area contributed by atoms with Crippen molar-refractivity contribution in [2.24, 2.45) is 5.92 Å². The molecule has 0 bridgehead atoms. The number of H-pyrrole nitrogens is 1. The van der Waals surface area contributed by atoms with E-state index in [1.54, 1.807) is 24.4 Å². The molecule has 1 amide bonds. The average molecular weight is 505 g/mol. The highest BCUT2D eigenvalue weighted by molar-refractivity contribution is 6.42. The summed E-state index contributed by atoms with van der Waals surface area (Å²) < 4.78 is 0. The number of nitrogens with zero attached hydrogens (tertiary/aromatic N) is 1. The number of hydrogen-bond donors (Lipinski definition) is 3. The van der Waals surface area contributed by atoms with E-state index in [9.17, 15) is 9.59 Å². The SMILES string of the molecule is CC1CC(=O)c2c([nH]c(-c3ccnc(NC(=O)c4ccc(Cl)c(Cl)c4)c3)c2Nc2ccccc2)C1. The lowest BCUT2D eigenvalue weighted by atomic mass is 9.87. The van der Waals surface area contributed by atoms with Crippen molar-refractivity contribution in [3.05, 3.63) is 93.7 Å². The van der Waals surface area contributed by atoms with E-state index in [0.717, 1.165) is 34.7 Å². The molecule has 0 fully saturated rings. The van der Waals surface area contributed by atoms with Gasteiger partial charge in [-0.25, -0.2) is 4.98 Å². The van der Waals surface area contributed by atoms with Crippen molar-refractivity contribution < 1.29 is 9.59 Å². The number of nitrogens with one attached hydrogen (secondary N) is 3. The Morgan fingerprint density at radius 2 is 1.83 bits per heavy atom. The summed E-state index contributed by atoms with van der Waals surface area (Å²) in [6.45, 7) is 2.08. The number of hydrogen-bond acceptors (Lipinski definition) is 4. The summed E-state index contributed by atoms with van der Waals surface area (Å²) in [6, 6.07) is 18.0. The van der Waals surface area contributed by atoms with E-state index in [1.807, 2.05) is 36.4 Å². The van der Waals surface area contributed by atoms with Gasteiger partial charge in [-0.2, -0.15) is 0 Å². The molecule has 8 heteroatoms. The van der Waals surface area contributed by atoms with E-state index in [1.165, 1.54) is 6.07 Å². The van der Waals surface area contributed by atoms with Gasteiger partial charge in [0, 0.05) is 35.1 Å². The van der Waals surface area contributed by atoms with E-state index >= 15 is 0 Å². The van der Waals surface area contributed by atoms with Crippen LogP contribution in [0.3, 0.4) is 0 Å². The average Bonchev–Trinajstić information content (AvgIpc) is 3.20. The highest BCUT2D eigenvalue weighted by Crippen LogP contribution is 2.40. The van der Waals surface area contributed by atoms with Crippen molar-refractivity contribution in [2.45, 2.75) is 19.8 Å². The lowest BCUT2D eigenvalue weighted by Gasteiger charge is -2.18. The maximum absolute atomic E-state index is 13.0. The zero-order valence-electron chi connectivity index (χ0n) is 18.9. The Morgan fingerprint density at radius 3 is 2.60 bits per heavy atom. The number of anilines is 3. The Morgan fingerprint density at radius 1 is 1.03 bits per heavy atom. The smallest absolute Gasteiger partial charge is 0.256 e. The molecule has 2 heterocycles. The monoisotopic (exact) mass is 504 g/mol. The number of aromatic nitrogens is 2. The Balaban J connectivity index is 1.51. The Hall–Kier alpha value is -3.61. The van der Waals surface area contributed by atoms with Crippen LogP contribution in [0.15, 0.2) is 66.9 Å². The van der Waals surface area contributed by atoms with Crippen molar-refractivity contribution in [3.63, 3.8) is 0 Å². The van der Waals surface area contributed by atoms with Crippen LogP contribution in [-0.2, 0) is 6.42 Å². The van der Waals surface area contributed by atoms with Gasteiger partial charge >= 0.3 is 0 Å². The molecule has 176 valence electrons. The molecule has 1 aliphatic carbocycles. The van der Waals surface area contributed by atoms with Gasteiger partial charge in [-0.3, -0.25) is 9.59 Å². The minimum absolute atomic E-state index is 0.113. The predicted octanol–water partition coefficient (Wildman–Crippen LogP) is 7.14. The third kappa shape index (κ3) is 4.81. The first-order valence-corrected chi connectivity index (χ1v) is 12.0. The van der Waals surface area contributed by atoms with Gasteiger partial charge in [-0.05, 0) is 54.8 Å². The van der Waals surface area contributed by atoms with E-state index in [4.69, 9.17) is 23.2 Å². The fourth-order valence-corrected chi connectivity index (χ4v) is 4.64. The number of Topliss-reactive ketones (excluding diaryl/α,β-unsaturated/α-hetero) is 1. The first-order valence-electron chi connectivity index (χ1n) is 11.2. The molecule has 0 aliphatic heterocycles. The molecule has 4 aromatic rings. The first-order chi connectivity index (χ1) is 16.9. The molecule has 1 aliphatic rings. The zero-order chi connectivity index (χ0) is 24.5. The van der Waals surface area contributed by atoms with Crippen molar-refractivity contribution in [3.8, 4) is 11.3 Å². The molecule has 0 saturated carbocycles. The number of carbonyl (C=O) groups is 2. The van der Waals surface area contributed by atoms with Gasteiger partial charge in [0.1, 0.15) is 5.82 Å². The van der Waals surface area contributed by atoms with Gasteiger partial charge in [0.05, 0.1) is 27.0 Å². The Labute approximate surface area is 212 Å². The summed E-state index contributed by atoms with van der Waals surface area (Å²) >= 11 is 12.0. The van der Waals surface area contributed by atoms with Crippen molar-refractivity contribution in [1.82, 2.24) is 9.97 Å². The van der Waals surface area contributed by atoms with Gasteiger partial charge < -0.3 is 15.6 Å². The van der Waals surface area contributed by atoms with Gasteiger partial charge in [0.15, 0.2) is 5.78 Å². The van der Waals surface area contributed by atoms with Crippen LogP contribution in [0.2, 0.25) is 10.0 Å². The number of rotatable bonds is 5. The molecular formula is C27H22Cl2N4O2. The van der Waals surface area contributed by atoms with Crippen LogP contribution in [0.25, 0.3) is 11.3 Å². The summed E-state index contributed by atoms with van der Waals surface area (Å²) in [7, 11) is 0. The van der Waals surface area contributed by atoms with Crippen LogP contribution >= 0.6 is 23.2 Å². The van der Waals surface area contributed by atoms with Crippen LogP contribution in [0.5, 0.6) is 0 Å². The number of fused-ring (bicyclic) bond motifs is 1. The number of benzene rings is 2. The van der Waals surface area contributed by atoms with Crippen LogP contribution in [0.1, 0.15) is 39.8 Å². The molecule has 1 atom stereocenters. The van der Waals surface area contributed by atoms with Gasteiger partial charge in [-0.15, -0.1) is 0 Å². The third-order valence-electron chi connectivity index (χ3n) is 5.96. The van der Waals surface area contributed by atoms with Gasteiger partial charge in [0.2, 0.25) is 0 Å². The number of amides is 1. The van der Waals surface area contributed by atoms with E-state index < -0.39 is 0 Å². The predicted molar refractivity (Wildman–Crippen MR) is 140 cm³/mol. The molecule has 35 heavy (non-hydrogen) atoms. The third-order valence-corrected chi connectivity index (χ3v) is 6.70. The van der Waals surface area contributed by atoms with Crippen molar-refractivity contribution in [2.75, 3.05) is 10.6 Å². The van der Waals surface area contributed by atoms with Crippen LogP contribution in [0, 0.1) is 5.92 Å². The second-order valence-corrected chi connectivity index (χ2v) is 9.48. The summed E-state index contributed by atoms with van der Waals surface area (Å²) in [5.41, 5.74) is 5.15. The number of aromatic amines is 1. The second-order valence-electron chi connectivity index (χ2n) is 8.67. The highest BCUT2D eigenvalue weighted by Gasteiger charge is 2.30. The van der Waals surface area contributed by atoms with E-state index in [-0.39, 0.29) is 17.6 Å². The largest absolute Gasteiger partial charge is 0.356 e. The summed E-state index contributed by atoms with van der Waals surface area (Å²) in [5.74, 6) is 0.397. The quantitative estimate of drug-likeness (QED) is 0.269. The fourth-order valence-electron chi connectivity index (χ4n) is 4.34. The topological polar surface area (TPSA) is 86.9 Å². The summed E-state index contributed by atoms with van der Waals surface area (Å²) in [4.78, 5) is 33.5. The molecule has 5 rings (SSSR count). The second kappa shape index (κ2) is 9.56. The maximum atomic E-state index is 13.0. The van der Waals surface area contributed by atoms with Gasteiger partial charge in [-0.1, -0.05) is 48.3 Å². The van der Waals surface area contributed by atoms with Crippen LogP contribution < -0.4 is 10.6 Å². The molecule has 2 aromatic heterocycles. The van der Waals surface area contributed by atoms with Gasteiger partial charge in [0.25, 0.3) is 5.91 Å². The number of ketones is 1. The Kier molecular flexibility index (Phi) is 6.32. The lowest BCUT2D eigenvalue weighted by Crippen LogP contribution is -2.17. The number of halogens is 2. The molecule has 6 nitrogen and oxygen atoms in total. The van der Waals surface area contributed by atoms with Crippen LogP contribution in [0.4, 0.5) is 17.2 Å². The standard InChI is InChI=1S/C27H22Cl2N4O2/c1-15-11-21-24(22(34)12-15)26(31-18-5-3-2-4-6-18)25(32-21)16-9-10-30-23(14-16)33-27(35)17-7-8-19(28)20(29)13-17/h2-10,13-15,31-32H,11-12H2,1H3,(H,30,33,35). The minimum Gasteiger partial charge on any atom is -0.356 e. The number of para-hydroxylation sites is 1.